The maximum atomic E-state index is 13.4. The van der Waals surface area contributed by atoms with Crippen LogP contribution in [0.4, 0.5) is 0 Å². The molecule has 11 aliphatic heterocycles. The molecule has 55 atom stereocenters. The van der Waals surface area contributed by atoms with Crippen molar-refractivity contribution in [1.29, 1.82) is 0 Å². The van der Waals surface area contributed by atoms with Crippen molar-refractivity contribution in [2.45, 2.75) is 379 Å². The lowest BCUT2D eigenvalue weighted by Gasteiger charge is -2.51. The Morgan fingerprint density at radius 2 is 0.463 bits per heavy atom. The van der Waals surface area contributed by atoms with E-state index in [1.807, 2.05) is 0 Å². The van der Waals surface area contributed by atoms with Gasteiger partial charge in [-0.3, -0.25) is 24.0 Å². The number of hydrogen-bond acceptors (Lipinski definition) is 55. The van der Waals surface area contributed by atoms with Crippen molar-refractivity contribution in [1.82, 2.24) is 26.6 Å². The fourth-order valence-electron chi connectivity index (χ4n) is 17.6. The Balaban J connectivity index is 0.964. The van der Waals surface area contributed by atoms with Gasteiger partial charge in [-0.05, 0) is 6.92 Å². The Bertz CT molecular complexity index is 3760. The molecule has 0 radical (unpaired) electrons. The van der Waals surface area contributed by atoms with Gasteiger partial charge in [-0.15, -0.1) is 0 Å². The predicted octanol–water partition coefficient (Wildman–Crippen LogP) is -23.2. The normalized spacial score (nSPS) is 49.2. The van der Waals surface area contributed by atoms with Crippen molar-refractivity contribution >= 4 is 29.5 Å². The minimum absolute atomic E-state index is 0.849. The molecule has 11 saturated heterocycles. The maximum Gasteiger partial charge on any atom is 0.217 e. The van der Waals surface area contributed by atoms with Crippen LogP contribution in [0.15, 0.2) is 0 Å². The fraction of sp³-hybridized carbons (Fsp3) is 0.934. The third-order valence-electron chi connectivity index (χ3n) is 24.9. The molecule has 0 bridgehead atoms. The Kier molecular flexibility index (Phi) is 40.1. The van der Waals surface area contributed by atoms with Gasteiger partial charge in [0.1, 0.15) is 262 Å². The van der Waals surface area contributed by atoms with Crippen LogP contribution in [0.2, 0.25) is 0 Å². The third-order valence-corrected chi connectivity index (χ3v) is 24.9. The van der Waals surface area contributed by atoms with Gasteiger partial charge in [0.2, 0.25) is 29.5 Å². The first-order chi connectivity index (χ1) is 64.3. The van der Waals surface area contributed by atoms with Gasteiger partial charge in [0.25, 0.3) is 0 Å². The van der Waals surface area contributed by atoms with Crippen molar-refractivity contribution in [3.8, 4) is 0 Å². The SMILES string of the molecule is CC(=O)N[C@@H]1[C@@H](O)[C@H](O[C@@H]2O[C@H](CO)[C@@H](O[C@@H]3O[C@H](CO[C@@H]4O[C@H](CO[C@@H]5O[C@H](CO)[C@@H](O)[C@H](O)[C@H]5NC(C)=O)[C@@H](O)[C@H](O)[C@@H]4O[C@@H]4O[C@H](CO)[C@@H](O[C@@H]5O[C@H](CO)[C@H](O)[C@H](O)[C@H]5O)[C@H](O)[C@H]4NC(C)=O)[C@@H](O)[C@H](O[C@@H]4O[C@H](CO)[C@@H](O)[C@H](O)[C@@H]4O[C@@H]4O[C@H](CO)[C@@H](O[C@@H]5O[C@H](CO)[C@H](O)[C@H](O)[C@H]5O)[C@H](O)[C@H]4NC(C)=O)[C@@H]3O)[C@H](O)[C@H]2NC(C)=O)[C@@H](CO[C@@H]2O[C@@H](C)[C@@H](O)[C@@H](O)[C@@H]2O)O[C@H]1O. The summed E-state index contributed by atoms with van der Waals surface area (Å²) in [6.45, 7) is -5.29. The number of rotatable bonds is 35. The first kappa shape index (κ1) is 112. The zero-order chi connectivity index (χ0) is 100. The molecule has 11 heterocycles. The summed E-state index contributed by atoms with van der Waals surface area (Å²) in [5.41, 5.74) is 0. The van der Waals surface area contributed by atoms with E-state index in [1.54, 1.807) is 0 Å². The van der Waals surface area contributed by atoms with Gasteiger partial charge in [-0.1, -0.05) is 0 Å². The van der Waals surface area contributed by atoms with E-state index in [2.05, 4.69) is 26.6 Å². The standard InChI is InChI=1S/C76H127N5O55/c1-17-38(94)50(106)55(111)71(119-17)117-16-32-62(46(102)33(66(115)120-32)77-18(2)89)130-68-35(79-20(4)91)47(103)61(29(13-88)125-68)133-74-58(114)63(134-76-65(53(109)42(98)26(10-85)124-76)136-70-37(81-22(6)93)49(105)60(28(12-87)127-70)132-73-57(113)52(108)41(97)25(9-84)123-73)44(100)31(128-74)15-118-75-64(54(110)43(99)30(129-75)14-116-67-34(78-19(3)90)45(101)39(95)23(7-82)121-67)135-69-36(80-21(5)92)48(104)59(27(11-86)126-69)131-72-56(112)51(107)40(96)24(8-83)122-72/h17,23-76,82-88,94-115H,7-16H2,1-6H3,(H,77,89)(H,78,90)(H,79,91)(H,80,92)(H,81,93)/t17-,23+,24+,25+,26+,27+,28+,29+,30+,31+,32+,33+,34+,35+,36+,37+,38+,39+,40-,41-,42+,43+,44+,45+,46+,47+,48+,49+,50+,51-,52-,53-,54-,55-,56+,57+,58-,59+,60+,61+,62+,63-,64-,65-,66+,67+,68-,69-,70-,71+,72-,73-,74-,75+,76-/m0/s1. The Hall–Kier alpha value is -4.65. The quantitative estimate of drug-likeness (QED) is 0.0280. The molecule has 0 aromatic rings. The molecule has 0 aromatic heterocycles. The van der Waals surface area contributed by atoms with Gasteiger partial charge in [-0.2, -0.15) is 0 Å². The predicted molar refractivity (Wildman–Crippen MR) is 419 cm³/mol. The van der Waals surface area contributed by atoms with E-state index in [1.165, 1.54) is 6.92 Å². The summed E-state index contributed by atoms with van der Waals surface area (Å²) in [4.78, 5) is 64.8. The molecule has 0 saturated carbocycles. The van der Waals surface area contributed by atoms with E-state index in [4.69, 9.17) is 99.5 Å². The van der Waals surface area contributed by atoms with E-state index < -0.39 is 433 Å². The first-order valence-electron chi connectivity index (χ1n) is 43.5. The average Bonchev–Trinajstić information content (AvgIpc) is 0.769. The summed E-state index contributed by atoms with van der Waals surface area (Å²) in [5, 5.41) is 339. The minimum Gasteiger partial charge on any atom is -0.394 e. The average molecular weight is 1990 g/mol. The molecule has 0 unspecified atom stereocenters. The minimum atomic E-state index is -2.71. The molecule has 136 heavy (non-hydrogen) atoms. The van der Waals surface area contributed by atoms with Gasteiger partial charge in [0, 0.05) is 34.6 Å². The van der Waals surface area contributed by atoms with Crippen molar-refractivity contribution in [2.24, 2.45) is 0 Å². The monoisotopic (exact) mass is 1990 g/mol. The number of aliphatic hydroxyl groups is 29. The molecule has 786 valence electrons. The highest BCUT2D eigenvalue weighted by molar-refractivity contribution is 5.75. The molecule has 11 aliphatic rings. The summed E-state index contributed by atoms with van der Waals surface area (Å²) >= 11 is 0. The highest BCUT2D eigenvalue weighted by Crippen LogP contribution is 2.42. The van der Waals surface area contributed by atoms with Crippen LogP contribution in [0.1, 0.15) is 41.5 Å². The smallest absolute Gasteiger partial charge is 0.217 e. The van der Waals surface area contributed by atoms with Crippen LogP contribution in [0.25, 0.3) is 0 Å². The Morgan fingerprint density at radius 3 is 0.875 bits per heavy atom. The summed E-state index contributed by atoms with van der Waals surface area (Å²) in [6.07, 6.45) is -106. The number of carbonyl (C=O) groups is 5. The molecule has 0 aromatic carbocycles. The van der Waals surface area contributed by atoms with Gasteiger partial charge in [-0.25, -0.2) is 0 Å². The highest BCUT2D eigenvalue weighted by atomic mass is 16.8. The largest absolute Gasteiger partial charge is 0.394 e. The van der Waals surface area contributed by atoms with Crippen molar-refractivity contribution in [3.63, 3.8) is 0 Å². The maximum absolute atomic E-state index is 13.4. The Labute approximate surface area is 770 Å². The molecular formula is C76H127N5O55. The molecule has 34 N–H and O–H groups in total. The number of carbonyl (C=O) groups excluding carboxylic acids is 5. The van der Waals surface area contributed by atoms with E-state index in [0.717, 1.165) is 34.6 Å². The van der Waals surface area contributed by atoms with Crippen LogP contribution < -0.4 is 26.6 Å². The summed E-state index contributed by atoms with van der Waals surface area (Å²) < 4.78 is 126. The highest BCUT2D eigenvalue weighted by Gasteiger charge is 2.63. The number of nitrogens with one attached hydrogen (secondary N) is 5. The number of amides is 5. The Morgan fingerprint density at radius 1 is 0.206 bits per heavy atom. The lowest BCUT2D eigenvalue weighted by molar-refractivity contribution is -0.399. The molecule has 60 heteroatoms. The van der Waals surface area contributed by atoms with Crippen LogP contribution in [-0.4, -0.2) is 581 Å². The summed E-state index contributed by atoms with van der Waals surface area (Å²) in [7, 11) is 0. The first-order valence-corrected chi connectivity index (χ1v) is 43.5. The van der Waals surface area contributed by atoms with Gasteiger partial charge < -0.3 is 274 Å². The van der Waals surface area contributed by atoms with E-state index in [-0.39, 0.29) is 0 Å². The van der Waals surface area contributed by atoms with E-state index in [0.29, 0.717) is 0 Å². The van der Waals surface area contributed by atoms with Crippen LogP contribution in [-0.2, 0) is 123 Å². The van der Waals surface area contributed by atoms with Gasteiger partial charge in [0.05, 0.1) is 72.2 Å². The van der Waals surface area contributed by atoms with E-state index in [9.17, 15) is 172 Å². The lowest BCUT2D eigenvalue weighted by Crippen LogP contribution is -2.71. The zero-order valence-corrected chi connectivity index (χ0v) is 73.4. The number of ether oxygens (including phenoxy) is 21. The zero-order valence-electron chi connectivity index (χ0n) is 73.4. The van der Waals surface area contributed by atoms with Crippen LogP contribution in [0, 0.1) is 0 Å². The second kappa shape index (κ2) is 48.8. The second-order valence-electron chi connectivity index (χ2n) is 34.6. The number of hydrogen-bond donors (Lipinski definition) is 34. The van der Waals surface area contributed by atoms with Crippen LogP contribution in [0.5, 0.6) is 0 Å². The van der Waals surface area contributed by atoms with Crippen LogP contribution in [0.3, 0.4) is 0 Å². The lowest BCUT2D eigenvalue weighted by atomic mass is 9.93. The molecular weight excluding hydrogens is 1860 g/mol. The van der Waals surface area contributed by atoms with Crippen molar-refractivity contribution in [2.75, 3.05) is 66.1 Å². The summed E-state index contributed by atoms with van der Waals surface area (Å²) in [6, 6.07) is -9.64. The van der Waals surface area contributed by atoms with Crippen LogP contribution >= 0.6 is 0 Å². The van der Waals surface area contributed by atoms with Crippen molar-refractivity contribution in [3.05, 3.63) is 0 Å². The molecule has 0 aliphatic carbocycles. The number of aliphatic hydroxyl groups excluding tert-OH is 29. The topological polar surface area (TPSA) is 926 Å². The van der Waals surface area contributed by atoms with E-state index >= 15 is 0 Å². The molecule has 5 amide bonds. The molecule has 0 spiro atoms. The molecule has 11 rings (SSSR count). The molecule has 11 fully saturated rings. The fourth-order valence-corrected chi connectivity index (χ4v) is 17.6. The third kappa shape index (κ3) is 24.9. The van der Waals surface area contributed by atoms with Gasteiger partial charge in [0.15, 0.2) is 69.2 Å². The second-order valence-corrected chi connectivity index (χ2v) is 34.6. The van der Waals surface area contributed by atoms with Gasteiger partial charge >= 0.3 is 0 Å². The molecule has 60 nitrogen and oxygen atoms in total. The summed E-state index contributed by atoms with van der Waals surface area (Å²) in [5.74, 6) is -4.76. The van der Waals surface area contributed by atoms with Crippen molar-refractivity contribution < 1.29 is 272 Å².